The summed E-state index contributed by atoms with van der Waals surface area (Å²) in [5.74, 6) is 1.01. The molecule has 6 nitrogen and oxygen atoms in total. The number of benzene rings is 2. The maximum atomic E-state index is 11.5. The highest BCUT2D eigenvalue weighted by molar-refractivity contribution is 5.92. The van der Waals surface area contributed by atoms with Crippen molar-refractivity contribution < 1.29 is 15.0 Å². The van der Waals surface area contributed by atoms with Gasteiger partial charge in [-0.3, -0.25) is 4.79 Å². The standard InChI is InChI=1S/C30H33N3O3/c1-19-6-10-21(11-7-19)28-29(22-12-8-20(2)9-13-22)32-30-26(31-28)16-25(35)18-33(30)14-4-3-5-23-15-24(34)17-27(23)36/h6-13,17,23,25,35-36H,3-5,14-16,18H2,1-2H3. The Morgan fingerprint density at radius 1 is 0.889 bits per heavy atom. The Balaban J connectivity index is 1.43. The fourth-order valence-electron chi connectivity index (χ4n) is 5.14. The topological polar surface area (TPSA) is 86.6 Å². The van der Waals surface area contributed by atoms with Crippen LogP contribution >= 0.6 is 0 Å². The molecule has 0 bridgehead atoms. The van der Waals surface area contributed by atoms with Crippen LogP contribution in [0.15, 0.2) is 60.4 Å². The number of β-amino-alcohol motifs (C(OH)–C–C–N with tert-alkyl or cyclic N) is 1. The number of carbonyl (C=O) groups is 1. The molecular formula is C30H33N3O3. The van der Waals surface area contributed by atoms with Gasteiger partial charge in [0, 0.05) is 49.1 Å². The summed E-state index contributed by atoms with van der Waals surface area (Å²) in [6.45, 7) is 5.40. The van der Waals surface area contributed by atoms with Crippen LogP contribution in [0.3, 0.4) is 0 Å². The summed E-state index contributed by atoms with van der Waals surface area (Å²) in [6.07, 6.45) is 4.30. The minimum Gasteiger partial charge on any atom is -0.512 e. The van der Waals surface area contributed by atoms with Gasteiger partial charge < -0.3 is 15.1 Å². The minimum absolute atomic E-state index is 0.00821. The molecular weight excluding hydrogens is 450 g/mol. The van der Waals surface area contributed by atoms with Gasteiger partial charge in [0.2, 0.25) is 0 Å². The summed E-state index contributed by atoms with van der Waals surface area (Å²) in [5.41, 5.74) is 6.91. The molecule has 2 heterocycles. The molecule has 2 N–H and O–H groups in total. The molecule has 0 saturated heterocycles. The number of ketones is 1. The van der Waals surface area contributed by atoms with Gasteiger partial charge in [0.25, 0.3) is 0 Å². The fourth-order valence-corrected chi connectivity index (χ4v) is 5.14. The molecule has 2 unspecified atom stereocenters. The van der Waals surface area contributed by atoms with Crippen molar-refractivity contribution >= 4 is 11.6 Å². The van der Waals surface area contributed by atoms with Gasteiger partial charge in [-0.2, -0.15) is 0 Å². The second kappa shape index (κ2) is 10.2. The molecule has 1 aliphatic carbocycles. The number of anilines is 1. The Labute approximate surface area is 212 Å². The Kier molecular flexibility index (Phi) is 6.88. The fraction of sp³-hybridized carbons (Fsp3) is 0.367. The second-order valence-corrected chi connectivity index (χ2v) is 10.2. The third kappa shape index (κ3) is 5.19. The molecule has 6 heteroatoms. The Bertz CT molecular complexity index is 1280. The molecule has 0 fully saturated rings. The lowest BCUT2D eigenvalue weighted by Gasteiger charge is -2.33. The van der Waals surface area contributed by atoms with E-state index in [0.717, 1.165) is 59.8 Å². The minimum atomic E-state index is -0.498. The molecule has 36 heavy (non-hydrogen) atoms. The molecule has 186 valence electrons. The van der Waals surface area contributed by atoms with Crippen LogP contribution in [0.4, 0.5) is 5.82 Å². The molecule has 2 aromatic carbocycles. The van der Waals surface area contributed by atoms with Crippen LogP contribution in [0.2, 0.25) is 0 Å². The smallest absolute Gasteiger partial charge is 0.159 e. The average Bonchev–Trinajstić information content (AvgIpc) is 3.18. The summed E-state index contributed by atoms with van der Waals surface area (Å²) >= 11 is 0. The zero-order valence-corrected chi connectivity index (χ0v) is 20.9. The number of hydrogen-bond donors (Lipinski definition) is 2. The number of hydrogen-bond acceptors (Lipinski definition) is 6. The molecule has 0 spiro atoms. The highest BCUT2D eigenvalue weighted by atomic mass is 16.3. The van der Waals surface area contributed by atoms with E-state index in [1.54, 1.807) is 0 Å². The van der Waals surface area contributed by atoms with Crippen LogP contribution in [0.25, 0.3) is 22.5 Å². The average molecular weight is 484 g/mol. The van der Waals surface area contributed by atoms with E-state index in [4.69, 9.17) is 9.97 Å². The summed E-state index contributed by atoms with van der Waals surface area (Å²) in [5, 5.41) is 20.6. The summed E-state index contributed by atoms with van der Waals surface area (Å²) in [4.78, 5) is 23.9. The van der Waals surface area contributed by atoms with Crippen molar-refractivity contribution in [3.05, 3.63) is 77.2 Å². The molecule has 1 aromatic heterocycles. The number of rotatable bonds is 7. The monoisotopic (exact) mass is 483 g/mol. The predicted molar refractivity (Wildman–Crippen MR) is 142 cm³/mol. The number of allylic oxidation sites excluding steroid dienone is 2. The predicted octanol–water partition coefficient (Wildman–Crippen LogP) is 5.35. The van der Waals surface area contributed by atoms with Gasteiger partial charge in [-0.05, 0) is 26.7 Å². The lowest BCUT2D eigenvalue weighted by atomic mass is 9.99. The first-order valence-electron chi connectivity index (χ1n) is 12.8. The molecule has 0 saturated carbocycles. The van der Waals surface area contributed by atoms with Crippen LogP contribution in [0, 0.1) is 19.8 Å². The Morgan fingerprint density at radius 3 is 2.08 bits per heavy atom. The quantitative estimate of drug-likeness (QED) is 0.441. The first-order valence-corrected chi connectivity index (χ1v) is 12.8. The molecule has 0 amide bonds. The van der Waals surface area contributed by atoms with Gasteiger partial charge in [-0.1, -0.05) is 66.1 Å². The lowest BCUT2D eigenvalue weighted by Crippen LogP contribution is -2.40. The maximum absolute atomic E-state index is 11.5. The zero-order valence-electron chi connectivity index (χ0n) is 20.9. The van der Waals surface area contributed by atoms with Crippen LogP contribution in [0.1, 0.15) is 42.5 Å². The van der Waals surface area contributed by atoms with Crippen LogP contribution in [0.5, 0.6) is 0 Å². The van der Waals surface area contributed by atoms with E-state index in [2.05, 4.69) is 67.3 Å². The summed E-state index contributed by atoms with van der Waals surface area (Å²) < 4.78 is 0. The molecule has 0 radical (unpaired) electrons. The number of aryl methyl sites for hydroxylation is 2. The van der Waals surface area contributed by atoms with Gasteiger partial charge in [0.15, 0.2) is 11.6 Å². The van der Waals surface area contributed by atoms with E-state index in [9.17, 15) is 15.0 Å². The van der Waals surface area contributed by atoms with Gasteiger partial charge >= 0.3 is 0 Å². The van der Waals surface area contributed by atoms with E-state index in [-0.39, 0.29) is 17.5 Å². The second-order valence-electron chi connectivity index (χ2n) is 10.2. The van der Waals surface area contributed by atoms with Crippen molar-refractivity contribution in [3.8, 4) is 22.5 Å². The summed E-state index contributed by atoms with van der Waals surface area (Å²) in [6, 6.07) is 16.7. The Morgan fingerprint density at radius 2 is 1.50 bits per heavy atom. The number of fused-ring (bicyclic) bond motifs is 1. The maximum Gasteiger partial charge on any atom is 0.159 e. The highest BCUT2D eigenvalue weighted by Crippen LogP contribution is 2.35. The number of unbranched alkanes of at least 4 members (excludes halogenated alkanes) is 1. The highest BCUT2D eigenvalue weighted by Gasteiger charge is 2.28. The van der Waals surface area contributed by atoms with Crippen molar-refractivity contribution in [2.75, 3.05) is 18.0 Å². The van der Waals surface area contributed by atoms with Crippen LogP contribution < -0.4 is 4.90 Å². The number of aliphatic hydroxyl groups is 2. The van der Waals surface area contributed by atoms with Gasteiger partial charge in [0.05, 0.1) is 28.9 Å². The van der Waals surface area contributed by atoms with Crippen molar-refractivity contribution in [1.82, 2.24) is 9.97 Å². The molecule has 5 rings (SSSR count). The van der Waals surface area contributed by atoms with E-state index >= 15 is 0 Å². The molecule has 3 aromatic rings. The van der Waals surface area contributed by atoms with E-state index < -0.39 is 6.10 Å². The first kappa shape index (κ1) is 24.2. The van der Waals surface area contributed by atoms with Crippen molar-refractivity contribution in [3.63, 3.8) is 0 Å². The van der Waals surface area contributed by atoms with Crippen LogP contribution in [-0.2, 0) is 11.2 Å². The SMILES string of the molecule is Cc1ccc(-c2nc3c(nc2-c2ccc(C)cc2)N(CCCCC2CC(=O)C=C2O)CC(O)C3)cc1. The molecule has 2 aliphatic rings. The lowest BCUT2D eigenvalue weighted by molar-refractivity contribution is -0.114. The van der Waals surface area contributed by atoms with Crippen molar-refractivity contribution in [1.29, 1.82) is 0 Å². The van der Waals surface area contributed by atoms with E-state index in [1.165, 1.54) is 17.2 Å². The Hall–Kier alpha value is -3.51. The summed E-state index contributed by atoms with van der Waals surface area (Å²) in [7, 11) is 0. The van der Waals surface area contributed by atoms with Crippen molar-refractivity contribution in [2.45, 2.75) is 52.1 Å². The van der Waals surface area contributed by atoms with E-state index in [1.807, 2.05) is 0 Å². The number of aromatic nitrogens is 2. The first-order chi connectivity index (χ1) is 17.4. The van der Waals surface area contributed by atoms with Crippen molar-refractivity contribution in [2.24, 2.45) is 5.92 Å². The molecule has 1 aliphatic heterocycles. The number of nitrogens with zero attached hydrogens (tertiary/aromatic N) is 3. The van der Waals surface area contributed by atoms with Gasteiger partial charge in [0.1, 0.15) is 0 Å². The van der Waals surface area contributed by atoms with E-state index in [0.29, 0.717) is 19.4 Å². The van der Waals surface area contributed by atoms with Gasteiger partial charge in [-0.25, -0.2) is 9.97 Å². The molecule has 2 atom stereocenters. The normalized spacial score (nSPS) is 19.4. The van der Waals surface area contributed by atoms with Gasteiger partial charge in [-0.15, -0.1) is 0 Å². The largest absolute Gasteiger partial charge is 0.512 e. The zero-order chi connectivity index (χ0) is 25.2. The number of carbonyl (C=O) groups excluding carboxylic acids is 1. The third-order valence-electron chi connectivity index (χ3n) is 7.16. The number of aliphatic hydroxyl groups excluding tert-OH is 2. The third-order valence-corrected chi connectivity index (χ3v) is 7.16. The van der Waals surface area contributed by atoms with Crippen LogP contribution in [-0.4, -0.2) is 45.2 Å².